The molecule has 298 valence electrons. The van der Waals surface area contributed by atoms with Crippen LogP contribution in [0.2, 0.25) is 0 Å². The van der Waals surface area contributed by atoms with Crippen molar-refractivity contribution in [2.75, 3.05) is 42.6 Å². The summed E-state index contributed by atoms with van der Waals surface area (Å²) in [5, 5.41) is 14.7. The first-order valence-corrected chi connectivity index (χ1v) is 19.4. The average molecular weight is 794 g/mol. The summed E-state index contributed by atoms with van der Waals surface area (Å²) in [4.78, 5) is 52.3. The summed E-state index contributed by atoms with van der Waals surface area (Å²) in [6.45, 7) is 1.23. The number of carbonyl (C=O) groups is 3. The molecule has 3 heterocycles. The number of aliphatic hydroxyl groups is 1. The zero-order valence-corrected chi connectivity index (χ0v) is 32.1. The van der Waals surface area contributed by atoms with Crippen molar-refractivity contribution in [2.24, 2.45) is 0 Å². The van der Waals surface area contributed by atoms with Crippen molar-refractivity contribution in [3.8, 4) is 22.3 Å². The second kappa shape index (κ2) is 16.5. The van der Waals surface area contributed by atoms with Gasteiger partial charge in [0.25, 0.3) is 11.8 Å². The molecule has 0 bridgehead atoms. The molecule has 1 aliphatic heterocycles. The average Bonchev–Trinajstić information content (AvgIpc) is 3.24. The number of likely N-dealkylation sites (tertiary alicyclic amines) is 1. The smallest absolute Gasteiger partial charge is 0.264 e. The number of nitrogens with zero attached hydrogens (tertiary/aromatic N) is 4. The van der Waals surface area contributed by atoms with Gasteiger partial charge in [-0.15, -0.1) is 0 Å². The number of nitrogens with two attached hydrogens (primary N) is 2. The lowest BCUT2D eigenvalue weighted by Gasteiger charge is -2.28. The van der Waals surface area contributed by atoms with E-state index in [4.69, 9.17) is 11.5 Å². The van der Waals surface area contributed by atoms with Gasteiger partial charge in [0, 0.05) is 54.9 Å². The van der Waals surface area contributed by atoms with E-state index in [1.807, 2.05) is 0 Å². The Bertz CT molecular complexity index is 2730. The Hall–Kier alpha value is -6.99. The molecule has 6 N–H and O–H groups in total. The number of piperidine rings is 1. The van der Waals surface area contributed by atoms with Gasteiger partial charge in [-0.3, -0.25) is 19.3 Å². The zero-order chi connectivity index (χ0) is 41.2. The number of fused-ring (bicyclic) bond motifs is 2. The molecule has 8 rings (SSSR count). The molecule has 0 spiro atoms. The monoisotopic (exact) mass is 793 g/mol. The van der Waals surface area contributed by atoms with Gasteiger partial charge in [0.05, 0.1) is 23.4 Å². The van der Waals surface area contributed by atoms with Gasteiger partial charge in [-0.25, -0.2) is 18.7 Å². The Labute approximate surface area is 338 Å². The van der Waals surface area contributed by atoms with Gasteiger partial charge in [0.2, 0.25) is 5.91 Å². The highest BCUT2D eigenvalue weighted by Gasteiger charge is 2.27. The number of anilines is 3. The van der Waals surface area contributed by atoms with Crippen molar-refractivity contribution in [1.82, 2.24) is 20.2 Å². The minimum Gasteiger partial charge on any atom is -0.392 e. The number of nitrogen functional groups attached to an aromatic ring is 2. The highest BCUT2D eigenvalue weighted by molar-refractivity contribution is 6.17. The quantitative estimate of drug-likeness (QED) is 0.110. The molecular weight excluding hydrogens is 753 g/mol. The maximum Gasteiger partial charge on any atom is 0.264 e. The summed E-state index contributed by atoms with van der Waals surface area (Å²) >= 11 is 0. The summed E-state index contributed by atoms with van der Waals surface area (Å²) in [7, 11) is 0. The van der Waals surface area contributed by atoms with E-state index in [9.17, 15) is 23.9 Å². The predicted molar refractivity (Wildman–Crippen MR) is 225 cm³/mol. The van der Waals surface area contributed by atoms with Gasteiger partial charge >= 0.3 is 0 Å². The van der Waals surface area contributed by atoms with Crippen molar-refractivity contribution < 1.29 is 28.3 Å². The molecule has 1 aliphatic carbocycles. The second-order valence-corrected chi connectivity index (χ2v) is 14.7. The lowest BCUT2D eigenvalue weighted by atomic mass is 9.96. The molecule has 59 heavy (non-hydrogen) atoms. The van der Waals surface area contributed by atoms with E-state index in [0.29, 0.717) is 87.4 Å². The third-order valence-electron chi connectivity index (χ3n) is 10.9. The van der Waals surface area contributed by atoms with Crippen LogP contribution in [-0.2, 0) is 4.79 Å². The molecule has 3 amide bonds. The molecule has 1 fully saturated rings. The molecule has 1 saturated heterocycles. The number of rotatable bonds is 10. The molecule has 4 aromatic carbocycles. The van der Waals surface area contributed by atoms with Crippen LogP contribution in [0.15, 0.2) is 115 Å². The molecule has 0 saturated carbocycles. The molecular formula is C46H41F2N7O4. The van der Waals surface area contributed by atoms with Crippen LogP contribution in [0.25, 0.3) is 43.8 Å². The van der Waals surface area contributed by atoms with Gasteiger partial charge in [-0.1, -0.05) is 42.5 Å². The van der Waals surface area contributed by atoms with Crippen LogP contribution in [0, 0.1) is 11.6 Å². The number of nitrogens with one attached hydrogen (secondary N) is 1. The first-order valence-electron chi connectivity index (χ1n) is 19.4. The SMILES string of the molecule is Nc1ncc(C(=O)NCCN2CCCCC2=O)c2ccc(-c3cc(F)cc(N(C(=O)c4cnc(N)c5cc(-c6cccc(F)c6)ccc45)C4=CC=C(CO)CC4)c3)cc12. The summed E-state index contributed by atoms with van der Waals surface area (Å²) in [5.74, 6) is -1.41. The number of allylic oxidation sites excluding steroid dienone is 3. The summed E-state index contributed by atoms with van der Waals surface area (Å²) in [5.41, 5.74) is 17.1. The second-order valence-electron chi connectivity index (χ2n) is 14.7. The van der Waals surface area contributed by atoms with Crippen molar-refractivity contribution >= 4 is 56.6 Å². The molecule has 13 heteroatoms. The number of carbonyl (C=O) groups excluding carboxylic acids is 3. The number of aromatic nitrogens is 2. The Morgan fingerprint density at radius 2 is 1.42 bits per heavy atom. The van der Waals surface area contributed by atoms with Crippen molar-refractivity contribution in [1.29, 1.82) is 0 Å². The maximum absolute atomic E-state index is 15.8. The molecule has 6 aromatic rings. The molecule has 2 aliphatic rings. The largest absolute Gasteiger partial charge is 0.392 e. The highest BCUT2D eigenvalue weighted by atomic mass is 19.1. The van der Waals surface area contributed by atoms with Crippen LogP contribution >= 0.6 is 0 Å². The Morgan fingerprint density at radius 3 is 2.10 bits per heavy atom. The summed E-state index contributed by atoms with van der Waals surface area (Å²) in [6.07, 6.45) is 9.50. The van der Waals surface area contributed by atoms with E-state index < -0.39 is 17.5 Å². The third-order valence-corrected chi connectivity index (χ3v) is 10.9. The molecule has 0 atom stereocenters. The number of halogens is 2. The van der Waals surface area contributed by atoms with Gasteiger partial charge in [0.15, 0.2) is 0 Å². The zero-order valence-electron chi connectivity index (χ0n) is 32.1. The molecule has 0 unspecified atom stereocenters. The van der Waals surface area contributed by atoms with Crippen molar-refractivity contribution in [3.05, 3.63) is 137 Å². The topological polar surface area (TPSA) is 168 Å². The number of benzene rings is 4. The van der Waals surface area contributed by atoms with E-state index in [0.717, 1.165) is 18.4 Å². The van der Waals surface area contributed by atoms with Crippen LogP contribution in [-0.4, -0.2) is 63.9 Å². The first-order chi connectivity index (χ1) is 28.6. The minimum absolute atomic E-state index is 0.0850. The number of aliphatic hydroxyl groups excluding tert-OH is 1. The number of pyridine rings is 2. The van der Waals surface area contributed by atoms with E-state index in [2.05, 4.69) is 15.3 Å². The lowest BCUT2D eigenvalue weighted by Crippen LogP contribution is -2.41. The van der Waals surface area contributed by atoms with Crippen LogP contribution in [0.3, 0.4) is 0 Å². The third kappa shape index (κ3) is 7.97. The van der Waals surface area contributed by atoms with Gasteiger partial charge in [-0.05, 0) is 113 Å². The van der Waals surface area contributed by atoms with E-state index in [-0.39, 0.29) is 47.9 Å². The maximum atomic E-state index is 15.8. The van der Waals surface area contributed by atoms with Crippen molar-refractivity contribution in [3.63, 3.8) is 0 Å². The van der Waals surface area contributed by atoms with Crippen LogP contribution in [0.1, 0.15) is 52.8 Å². The fraction of sp³-hybridized carbons (Fsp3) is 0.196. The highest BCUT2D eigenvalue weighted by Crippen LogP contribution is 2.37. The Morgan fingerprint density at radius 1 is 0.746 bits per heavy atom. The standard InChI is InChI=1S/C46H41F2N7O4/c47-32-5-3-4-28(18-32)29-9-14-37-39(21-29)44(50)53-25-41(37)46(59)55(34-11-7-27(26-56)8-12-34)35-20-31(19-33(48)23-35)30-10-13-36-38(22-30)43(49)52-24-40(36)45(58)51-15-17-54-16-2-1-6-42(54)57/h3-5,7,9-11,13-14,18-25,56H,1-2,6,8,12,15-17,26H2,(H2,49,52)(H2,50,53)(H,51,58). The van der Waals surface area contributed by atoms with Gasteiger partial charge < -0.3 is 26.8 Å². The van der Waals surface area contributed by atoms with Crippen LogP contribution < -0.4 is 21.7 Å². The number of hydrogen-bond donors (Lipinski definition) is 4. The number of amides is 3. The first kappa shape index (κ1) is 38.9. The normalized spacial score (nSPS) is 14.3. The van der Waals surface area contributed by atoms with Crippen molar-refractivity contribution in [2.45, 2.75) is 32.1 Å². The Kier molecular flexibility index (Phi) is 10.8. The summed E-state index contributed by atoms with van der Waals surface area (Å²) in [6, 6.07) is 21.0. The molecule has 2 aromatic heterocycles. The lowest BCUT2D eigenvalue weighted by molar-refractivity contribution is -0.133. The fourth-order valence-corrected chi connectivity index (χ4v) is 7.80. The molecule has 11 nitrogen and oxygen atoms in total. The predicted octanol–water partition coefficient (Wildman–Crippen LogP) is 7.55. The fourth-order valence-electron chi connectivity index (χ4n) is 7.80. The minimum atomic E-state index is -0.607. The van der Waals surface area contributed by atoms with E-state index in [1.54, 1.807) is 71.6 Å². The van der Waals surface area contributed by atoms with Gasteiger partial charge in [0.1, 0.15) is 23.3 Å². The van der Waals surface area contributed by atoms with E-state index >= 15 is 4.39 Å². The van der Waals surface area contributed by atoms with Gasteiger partial charge in [-0.2, -0.15) is 0 Å². The van der Waals surface area contributed by atoms with Crippen LogP contribution in [0.5, 0.6) is 0 Å². The molecule has 0 radical (unpaired) electrons. The number of hydrogen-bond acceptors (Lipinski definition) is 8. The summed E-state index contributed by atoms with van der Waals surface area (Å²) < 4.78 is 29.9. The van der Waals surface area contributed by atoms with Crippen LogP contribution in [0.4, 0.5) is 26.1 Å². The Balaban J connectivity index is 1.15. The van der Waals surface area contributed by atoms with E-state index in [1.165, 1.54) is 41.6 Å².